The molecular weight excluding hydrogens is 675 g/mol. The van der Waals surface area contributed by atoms with Crippen LogP contribution in [0.25, 0.3) is 94.6 Å². The molecule has 0 bridgehead atoms. The fourth-order valence-corrected chi connectivity index (χ4v) is 8.87. The molecule has 0 amide bonds. The van der Waals surface area contributed by atoms with E-state index in [1.165, 1.54) is 16.3 Å². The molecule has 5 heterocycles. The molecule has 12 rings (SSSR count). The molecule has 262 valence electrons. The van der Waals surface area contributed by atoms with Gasteiger partial charge in [-0.2, -0.15) is 0 Å². The van der Waals surface area contributed by atoms with Crippen molar-refractivity contribution in [1.82, 2.24) is 32.5 Å². The summed E-state index contributed by atoms with van der Waals surface area (Å²) in [5.41, 5.74) is 15.3. The lowest BCUT2D eigenvalue weighted by Crippen LogP contribution is -2.13. The highest BCUT2D eigenvalue weighted by Crippen LogP contribution is 2.39. The molecule has 55 heavy (non-hydrogen) atoms. The summed E-state index contributed by atoms with van der Waals surface area (Å²) in [4.78, 5) is 10.4. The first kappa shape index (κ1) is 30.4. The van der Waals surface area contributed by atoms with Crippen LogP contribution in [-0.4, -0.2) is 32.5 Å². The Kier molecular flexibility index (Phi) is 5.92. The second-order valence-corrected chi connectivity index (χ2v) is 15.7. The van der Waals surface area contributed by atoms with E-state index >= 15 is 0 Å². The van der Waals surface area contributed by atoms with E-state index in [-0.39, 0.29) is 5.41 Å². The van der Waals surface area contributed by atoms with Gasteiger partial charge < -0.3 is 4.57 Å². The summed E-state index contributed by atoms with van der Waals surface area (Å²) in [6.45, 7) is 6.89. The van der Waals surface area contributed by atoms with Gasteiger partial charge in [-0.15, -0.1) is 0 Å². The summed E-state index contributed by atoms with van der Waals surface area (Å²) in [5.74, 6) is 1.80. The lowest BCUT2D eigenvalue weighted by Gasteiger charge is -2.23. The van der Waals surface area contributed by atoms with Gasteiger partial charge in [0.2, 0.25) is 11.6 Å². The summed E-state index contributed by atoms with van der Waals surface area (Å²) in [6.07, 6.45) is 0. The zero-order chi connectivity index (χ0) is 36.6. The molecule has 0 radical (unpaired) electrons. The van der Waals surface area contributed by atoms with E-state index < -0.39 is 0 Å². The molecule has 0 unspecified atom stereocenters. The zero-order valence-corrected chi connectivity index (χ0v) is 30.6. The Bertz CT molecular complexity index is 3540. The van der Waals surface area contributed by atoms with Gasteiger partial charge in [-0.25, -0.2) is 9.97 Å². The number of aromatic nitrogens is 7. The van der Waals surface area contributed by atoms with Gasteiger partial charge in [-0.05, 0) is 95.9 Å². The third kappa shape index (κ3) is 4.15. The van der Waals surface area contributed by atoms with Crippen molar-refractivity contribution in [2.24, 2.45) is 0 Å². The summed E-state index contributed by atoms with van der Waals surface area (Å²) >= 11 is 0. The Morgan fingerprint density at radius 3 is 1.40 bits per heavy atom. The second-order valence-electron chi connectivity index (χ2n) is 15.7. The number of rotatable bonds is 3. The largest absolute Gasteiger partial charge is 0.309 e. The normalized spacial score (nSPS) is 12.6. The van der Waals surface area contributed by atoms with Gasteiger partial charge in [-0.1, -0.05) is 93.6 Å². The first-order valence-electron chi connectivity index (χ1n) is 18.9. The van der Waals surface area contributed by atoms with Crippen molar-refractivity contribution >= 4 is 77.5 Å². The van der Waals surface area contributed by atoms with Gasteiger partial charge in [0.1, 0.15) is 0 Å². The van der Waals surface area contributed by atoms with E-state index in [4.69, 9.17) is 9.97 Å². The zero-order valence-electron chi connectivity index (χ0n) is 30.6. The fraction of sp³-hybridized carbons (Fsp3) is 0.0833. The molecule has 0 spiro atoms. The Balaban J connectivity index is 1.17. The van der Waals surface area contributed by atoms with E-state index in [2.05, 4.69) is 201 Å². The smallest absolute Gasteiger partial charge is 0.220 e. The van der Waals surface area contributed by atoms with Gasteiger partial charge in [0, 0.05) is 16.5 Å². The Labute approximate surface area is 315 Å². The first-order chi connectivity index (χ1) is 26.9. The monoisotopic (exact) mass is 709 g/mol. The lowest BCUT2D eigenvalue weighted by atomic mass is 9.86. The van der Waals surface area contributed by atoms with Crippen molar-refractivity contribution in [3.8, 4) is 17.1 Å². The topological polar surface area (TPSA) is 49.4 Å². The average Bonchev–Trinajstić information content (AvgIpc) is 3.99. The van der Waals surface area contributed by atoms with Crippen LogP contribution in [0.15, 0.2) is 158 Å². The molecule has 12 aromatic rings. The molecule has 0 aliphatic heterocycles. The third-order valence-electron chi connectivity index (χ3n) is 11.4. The first-order valence-corrected chi connectivity index (χ1v) is 18.9. The molecule has 0 aliphatic carbocycles. The maximum absolute atomic E-state index is 5.23. The second kappa shape index (κ2) is 10.7. The minimum Gasteiger partial charge on any atom is -0.309 e. The van der Waals surface area contributed by atoms with Crippen LogP contribution in [0.2, 0.25) is 0 Å². The van der Waals surface area contributed by atoms with E-state index in [0.29, 0.717) is 0 Å². The highest BCUT2D eigenvalue weighted by Gasteiger charge is 2.23. The number of hydrogen-bond acceptors (Lipinski definition) is 2. The van der Waals surface area contributed by atoms with Crippen molar-refractivity contribution in [2.75, 3.05) is 0 Å². The molecule has 0 fully saturated rings. The molecule has 7 aromatic carbocycles. The van der Waals surface area contributed by atoms with Crippen LogP contribution in [-0.2, 0) is 5.41 Å². The van der Waals surface area contributed by atoms with E-state index in [9.17, 15) is 0 Å². The molecule has 7 heteroatoms. The SMILES string of the molecule is CC(C)(C)c1cc(-n2c3ccccc3c3ccc(-n4c5ccccc5n5c6ccccc6nc45)cc32)cc(-n2c3ccccc3n3c4ccccc4nc23)c1. The van der Waals surface area contributed by atoms with Crippen LogP contribution in [0.3, 0.4) is 0 Å². The van der Waals surface area contributed by atoms with Gasteiger partial charge in [-0.3, -0.25) is 17.9 Å². The maximum atomic E-state index is 5.23. The molecule has 7 nitrogen and oxygen atoms in total. The number of imidazole rings is 4. The number of fused-ring (bicyclic) bond motifs is 13. The van der Waals surface area contributed by atoms with Crippen LogP contribution in [0, 0.1) is 0 Å². The molecule has 0 N–H and O–H groups in total. The summed E-state index contributed by atoms with van der Waals surface area (Å²) in [6, 6.07) is 56.7. The predicted octanol–water partition coefficient (Wildman–Crippen LogP) is 11.6. The van der Waals surface area contributed by atoms with E-state index in [1.54, 1.807) is 0 Å². The highest BCUT2D eigenvalue weighted by molar-refractivity contribution is 6.10. The minimum atomic E-state index is -0.119. The Morgan fingerprint density at radius 1 is 0.364 bits per heavy atom. The van der Waals surface area contributed by atoms with Crippen molar-refractivity contribution in [3.63, 3.8) is 0 Å². The number of hydrogen-bond donors (Lipinski definition) is 0. The molecule has 0 saturated carbocycles. The van der Waals surface area contributed by atoms with Crippen LogP contribution in [0.1, 0.15) is 26.3 Å². The number of para-hydroxylation sites is 9. The highest BCUT2D eigenvalue weighted by atomic mass is 15.2. The average molecular weight is 710 g/mol. The van der Waals surface area contributed by atoms with Gasteiger partial charge in [0.25, 0.3) is 0 Å². The van der Waals surface area contributed by atoms with Crippen LogP contribution < -0.4 is 0 Å². The van der Waals surface area contributed by atoms with Crippen molar-refractivity contribution < 1.29 is 0 Å². The Morgan fingerprint density at radius 2 is 0.818 bits per heavy atom. The predicted molar refractivity (Wildman–Crippen MR) is 226 cm³/mol. The van der Waals surface area contributed by atoms with Gasteiger partial charge in [0.15, 0.2) is 0 Å². The van der Waals surface area contributed by atoms with E-state index in [1.807, 2.05) is 0 Å². The van der Waals surface area contributed by atoms with E-state index in [0.717, 1.165) is 83.8 Å². The van der Waals surface area contributed by atoms with Crippen molar-refractivity contribution in [1.29, 1.82) is 0 Å². The quantitative estimate of drug-likeness (QED) is 0.183. The van der Waals surface area contributed by atoms with Crippen LogP contribution in [0.4, 0.5) is 0 Å². The van der Waals surface area contributed by atoms with Crippen molar-refractivity contribution in [3.05, 3.63) is 163 Å². The standard InChI is InChI=1S/C48H35N7/c1-48(2,3)30-26-32(28-33(27-30)53-42-21-11-13-23-44(42)55-40-19-9-6-16-37(40)50-47(53)55)51-38-17-7-4-14-34(38)35-25-24-31(29-45(35)51)52-41-20-10-12-22-43(41)54-39-18-8-5-15-36(39)49-46(52)54/h4-29H,1-3H3. The van der Waals surface area contributed by atoms with Gasteiger partial charge in [0.05, 0.1) is 66.5 Å². The van der Waals surface area contributed by atoms with Crippen molar-refractivity contribution in [2.45, 2.75) is 26.2 Å². The number of nitrogens with zero attached hydrogens (tertiary/aromatic N) is 7. The fourth-order valence-electron chi connectivity index (χ4n) is 8.87. The summed E-state index contributed by atoms with van der Waals surface area (Å²) in [5, 5.41) is 2.42. The lowest BCUT2D eigenvalue weighted by molar-refractivity contribution is 0.589. The molecule has 0 aliphatic rings. The molecule has 0 saturated heterocycles. The number of benzene rings is 7. The van der Waals surface area contributed by atoms with Crippen LogP contribution in [0.5, 0.6) is 0 Å². The van der Waals surface area contributed by atoms with Gasteiger partial charge >= 0.3 is 0 Å². The summed E-state index contributed by atoms with van der Waals surface area (Å²) < 4.78 is 11.7. The van der Waals surface area contributed by atoms with Crippen LogP contribution >= 0.6 is 0 Å². The Hall–Kier alpha value is -7.12. The minimum absolute atomic E-state index is 0.119. The molecule has 0 atom stereocenters. The molecular formula is C48H35N7. The summed E-state index contributed by atoms with van der Waals surface area (Å²) in [7, 11) is 0. The third-order valence-corrected chi connectivity index (χ3v) is 11.4. The maximum Gasteiger partial charge on any atom is 0.220 e. The molecule has 5 aromatic heterocycles.